The molecule has 0 aliphatic heterocycles. The molecule has 1 aromatic carbocycles. The molecule has 2 rings (SSSR count). The van der Waals surface area contributed by atoms with Gasteiger partial charge < -0.3 is 9.73 Å². The zero-order valence-corrected chi connectivity index (χ0v) is 10.9. The van der Waals surface area contributed by atoms with E-state index in [9.17, 15) is 10.1 Å². The standard InChI is InChI=1S/C14H16N2O3/c1-10-4-3-5-11(8-10)9-12(15-2)13-6-7-14(19-13)16(17)18/h3-8,12,15H,9H2,1-2H3. The summed E-state index contributed by atoms with van der Waals surface area (Å²) in [7, 11) is 1.81. The minimum atomic E-state index is -0.525. The molecule has 0 fully saturated rings. The molecule has 19 heavy (non-hydrogen) atoms. The lowest BCUT2D eigenvalue weighted by molar-refractivity contribution is -0.402. The Morgan fingerprint density at radius 3 is 2.74 bits per heavy atom. The van der Waals surface area contributed by atoms with Crippen molar-refractivity contribution < 1.29 is 9.34 Å². The fourth-order valence-electron chi connectivity index (χ4n) is 2.05. The van der Waals surface area contributed by atoms with Crippen LogP contribution in [0.4, 0.5) is 5.88 Å². The minimum Gasteiger partial charge on any atom is -0.404 e. The van der Waals surface area contributed by atoms with Gasteiger partial charge in [-0.05, 0) is 32.0 Å². The number of likely N-dealkylation sites (N-methyl/N-ethyl adjacent to an activating group) is 1. The second-order valence-corrected chi connectivity index (χ2v) is 4.47. The summed E-state index contributed by atoms with van der Waals surface area (Å²) < 4.78 is 5.24. The van der Waals surface area contributed by atoms with Crippen LogP contribution >= 0.6 is 0 Å². The van der Waals surface area contributed by atoms with Crippen LogP contribution in [0.25, 0.3) is 0 Å². The number of rotatable bonds is 5. The van der Waals surface area contributed by atoms with Crippen LogP contribution in [-0.2, 0) is 6.42 Å². The summed E-state index contributed by atoms with van der Waals surface area (Å²) in [5, 5.41) is 13.7. The lowest BCUT2D eigenvalue weighted by Crippen LogP contribution is -2.18. The van der Waals surface area contributed by atoms with E-state index in [0.717, 1.165) is 6.42 Å². The first-order valence-electron chi connectivity index (χ1n) is 6.07. The lowest BCUT2D eigenvalue weighted by atomic mass is 10.0. The van der Waals surface area contributed by atoms with Crippen LogP contribution in [0, 0.1) is 17.0 Å². The minimum absolute atomic E-state index is 0.0736. The highest BCUT2D eigenvalue weighted by Gasteiger charge is 2.18. The molecule has 5 heteroatoms. The zero-order valence-electron chi connectivity index (χ0n) is 10.9. The Morgan fingerprint density at radius 2 is 2.16 bits per heavy atom. The van der Waals surface area contributed by atoms with Gasteiger partial charge in [0, 0.05) is 0 Å². The quantitative estimate of drug-likeness (QED) is 0.662. The molecule has 0 amide bonds. The van der Waals surface area contributed by atoms with Gasteiger partial charge in [-0.3, -0.25) is 10.1 Å². The van der Waals surface area contributed by atoms with E-state index in [4.69, 9.17) is 4.42 Å². The summed E-state index contributed by atoms with van der Waals surface area (Å²) >= 11 is 0. The van der Waals surface area contributed by atoms with E-state index in [0.29, 0.717) is 5.76 Å². The molecule has 100 valence electrons. The Balaban J connectivity index is 2.17. The molecule has 0 saturated carbocycles. The van der Waals surface area contributed by atoms with Crippen LogP contribution in [0.3, 0.4) is 0 Å². The first kappa shape index (κ1) is 13.3. The number of nitrogens with zero attached hydrogens (tertiary/aromatic N) is 1. The monoisotopic (exact) mass is 260 g/mol. The Morgan fingerprint density at radius 1 is 1.37 bits per heavy atom. The fraction of sp³-hybridized carbons (Fsp3) is 0.286. The third-order valence-corrected chi connectivity index (χ3v) is 3.01. The molecule has 5 nitrogen and oxygen atoms in total. The number of nitrogens with one attached hydrogen (secondary N) is 1. The van der Waals surface area contributed by atoms with Crippen molar-refractivity contribution in [3.63, 3.8) is 0 Å². The Kier molecular flexibility index (Phi) is 3.97. The maximum atomic E-state index is 10.6. The number of benzene rings is 1. The average molecular weight is 260 g/mol. The summed E-state index contributed by atoms with van der Waals surface area (Å²) in [5.74, 6) is 0.357. The van der Waals surface area contributed by atoms with Gasteiger partial charge in [0.05, 0.1) is 12.1 Å². The van der Waals surface area contributed by atoms with Crippen LogP contribution in [0.5, 0.6) is 0 Å². The third-order valence-electron chi connectivity index (χ3n) is 3.01. The highest BCUT2D eigenvalue weighted by molar-refractivity contribution is 5.26. The van der Waals surface area contributed by atoms with Crippen molar-refractivity contribution in [2.75, 3.05) is 7.05 Å². The lowest BCUT2D eigenvalue weighted by Gasteiger charge is -2.13. The van der Waals surface area contributed by atoms with Crippen LogP contribution in [0.1, 0.15) is 22.9 Å². The van der Waals surface area contributed by atoms with Gasteiger partial charge in [-0.15, -0.1) is 0 Å². The second kappa shape index (κ2) is 5.67. The van der Waals surface area contributed by atoms with Gasteiger partial charge in [0.1, 0.15) is 10.7 Å². The predicted octanol–water partition coefficient (Wildman–Crippen LogP) is 3.00. The first-order valence-corrected chi connectivity index (χ1v) is 6.07. The van der Waals surface area contributed by atoms with Crippen LogP contribution < -0.4 is 5.32 Å². The van der Waals surface area contributed by atoms with E-state index in [2.05, 4.69) is 11.4 Å². The molecule has 0 bridgehead atoms. The van der Waals surface area contributed by atoms with Gasteiger partial charge in [-0.25, -0.2) is 0 Å². The molecule has 1 heterocycles. The summed E-state index contributed by atoms with van der Waals surface area (Å²) in [6.45, 7) is 2.04. The van der Waals surface area contributed by atoms with Gasteiger partial charge >= 0.3 is 5.88 Å². The van der Waals surface area contributed by atoms with Crippen LogP contribution in [-0.4, -0.2) is 12.0 Å². The smallest absolute Gasteiger partial charge is 0.404 e. The number of hydrogen-bond acceptors (Lipinski definition) is 4. The number of hydrogen-bond donors (Lipinski definition) is 1. The van der Waals surface area contributed by atoms with Gasteiger partial charge in [0.25, 0.3) is 0 Å². The largest absolute Gasteiger partial charge is 0.433 e. The normalized spacial score (nSPS) is 12.3. The van der Waals surface area contributed by atoms with Crippen molar-refractivity contribution in [2.45, 2.75) is 19.4 Å². The Bertz CT molecular complexity index is 578. The van der Waals surface area contributed by atoms with Crippen molar-refractivity contribution in [1.82, 2.24) is 5.32 Å². The highest BCUT2D eigenvalue weighted by atomic mass is 16.6. The van der Waals surface area contributed by atoms with E-state index in [1.165, 1.54) is 17.2 Å². The predicted molar refractivity (Wildman–Crippen MR) is 72.0 cm³/mol. The van der Waals surface area contributed by atoms with Crippen molar-refractivity contribution in [2.24, 2.45) is 0 Å². The maximum Gasteiger partial charge on any atom is 0.433 e. The van der Waals surface area contributed by atoms with Crippen molar-refractivity contribution in [3.05, 3.63) is 63.4 Å². The molecule has 1 unspecified atom stereocenters. The summed E-state index contributed by atoms with van der Waals surface area (Å²) in [6.07, 6.45) is 0.725. The Hall–Kier alpha value is -2.14. The number of nitro groups is 1. The van der Waals surface area contributed by atoms with Gasteiger partial charge in [-0.2, -0.15) is 0 Å². The van der Waals surface area contributed by atoms with Crippen molar-refractivity contribution in [3.8, 4) is 0 Å². The Labute approximate surface area is 111 Å². The van der Waals surface area contributed by atoms with E-state index in [-0.39, 0.29) is 11.9 Å². The molecule has 0 radical (unpaired) electrons. The molecule has 0 aliphatic carbocycles. The zero-order chi connectivity index (χ0) is 13.8. The van der Waals surface area contributed by atoms with E-state index in [1.54, 1.807) is 6.07 Å². The van der Waals surface area contributed by atoms with E-state index >= 15 is 0 Å². The summed E-state index contributed by atoms with van der Waals surface area (Å²) in [4.78, 5) is 10.1. The van der Waals surface area contributed by atoms with Gasteiger partial charge in [0.2, 0.25) is 0 Å². The molecule has 1 N–H and O–H groups in total. The van der Waals surface area contributed by atoms with Crippen molar-refractivity contribution >= 4 is 5.88 Å². The average Bonchev–Trinajstić information content (AvgIpc) is 2.85. The molecule has 0 saturated heterocycles. The fourth-order valence-corrected chi connectivity index (χ4v) is 2.05. The summed E-state index contributed by atoms with van der Waals surface area (Å²) in [6, 6.07) is 11.1. The third kappa shape index (κ3) is 3.20. The van der Waals surface area contributed by atoms with E-state index in [1.807, 2.05) is 32.2 Å². The molecular formula is C14H16N2O3. The molecule has 0 aliphatic rings. The highest BCUT2D eigenvalue weighted by Crippen LogP contribution is 2.24. The molecule has 2 aromatic rings. The van der Waals surface area contributed by atoms with Crippen LogP contribution in [0.15, 0.2) is 40.8 Å². The molecule has 0 spiro atoms. The van der Waals surface area contributed by atoms with E-state index < -0.39 is 4.92 Å². The number of aryl methyl sites for hydroxylation is 1. The van der Waals surface area contributed by atoms with Gasteiger partial charge in [-0.1, -0.05) is 29.8 Å². The first-order chi connectivity index (χ1) is 9.10. The molecular weight excluding hydrogens is 244 g/mol. The summed E-state index contributed by atoms with van der Waals surface area (Å²) in [5.41, 5.74) is 2.36. The van der Waals surface area contributed by atoms with Crippen LogP contribution in [0.2, 0.25) is 0 Å². The van der Waals surface area contributed by atoms with Gasteiger partial charge in [0.15, 0.2) is 0 Å². The van der Waals surface area contributed by atoms with Crippen molar-refractivity contribution in [1.29, 1.82) is 0 Å². The number of furan rings is 1. The SMILES string of the molecule is CNC(Cc1cccc(C)c1)c1ccc([N+](=O)[O-])o1. The maximum absolute atomic E-state index is 10.6. The topological polar surface area (TPSA) is 68.3 Å². The molecule has 1 aromatic heterocycles. The molecule has 1 atom stereocenters. The second-order valence-electron chi connectivity index (χ2n) is 4.47.